The van der Waals surface area contributed by atoms with Gasteiger partial charge in [0.25, 0.3) is 0 Å². The highest BCUT2D eigenvalue weighted by Gasteiger charge is 2.25. The van der Waals surface area contributed by atoms with Gasteiger partial charge in [-0.25, -0.2) is 9.59 Å². The maximum atomic E-state index is 11.6. The monoisotopic (exact) mass is 258 g/mol. The molecule has 0 saturated heterocycles. The Morgan fingerprint density at radius 3 is 2.56 bits per heavy atom. The van der Waals surface area contributed by atoms with Crippen LogP contribution in [-0.4, -0.2) is 42.9 Å². The van der Waals surface area contributed by atoms with E-state index in [0.29, 0.717) is 6.61 Å². The number of methoxy groups -OCH3 is 1. The Morgan fingerprint density at radius 1 is 1.39 bits per heavy atom. The van der Waals surface area contributed by atoms with Gasteiger partial charge < -0.3 is 20.5 Å². The molecule has 2 amide bonds. The quantitative estimate of drug-likeness (QED) is 0.605. The molecule has 3 N–H and O–H groups in total. The number of hydrogen-bond acceptors (Lipinski definition) is 3. The molecule has 1 fully saturated rings. The van der Waals surface area contributed by atoms with Crippen molar-refractivity contribution in [1.29, 1.82) is 0 Å². The van der Waals surface area contributed by atoms with Gasteiger partial charge in [-0.1, -0.05) is 12.8 Å². The molecule has 0 heterocycles. The molecule has 0 bridgehead atoms. The number of carboxylic acids is 1. The molecule has 6 nitrogen and oxygen atoms in total. The van der Waals surface area contributed by atoms with Crippen molar-refractivity contribution < 1.29 is 19.4 Å². The fourth-order valence-electron chi connectivity index (χ4n) is 1.83. The molecule has 2 atom stereocenters. The molecule has 0 aromatic heterocycles. The molecule has 0 spiro atoms. The van der Waals surface area contributed by atoms with E-state index in [4.69, 9.17) is 9.84 Å². The summed E-state index contributed by atoms with van der Waals surface area (Å²) in [5, 5.41) is 14.1. The summed E-state index contributed by atoms with van der Waals surface area (Å²) in [6.07, 6.45) is 3.69. The Bertz CT molecular complexity index is 292. The van der Waals surface area contributed by atoms with Crippen molar-refractivity contribution in [3.8, 4) is 0 Å². The van der Waals surface area contributed by atoms with Gasteiger partial charge in [0.05, 0.1) is 0 Å². The van der Waals surface area contributed by atoms with Gasteiger partial charge in [-0.2, -0.15) is 0 Å². The van der Waals surface area contributed by atoms with Crippen LogP contribution in [0.4, 0.5) is 4.79 Å². The molecule has 0 radical (unpaired) electrons. The number of rotatable bonds is 8. The van der Waals surface area contributed by atoms with E-state index in [9.17, 15) is 9.59 Å². The van der Waals surface area contributed by atoms with Gasteiger partial charge in [0.2, 0.25) is 0 Å². The van der Waals surface area contributed by atoms with Crippen LogP contribution in [0.2, 0.25) is 0 Å². The second-order valence-corrected chi connectivity index (χ2v) is 4.87. The molecule has 1 aliphatic carbocycles. The average molecular weight is 258 g/mol. The Balaban J connectivity index is 2.27. The Hall–Kier alpha value is -1.30. The number of carbonyl (C=O) groups is 2. The summed E-state index contributed by atoms with van der Waals surface area (Å²) in [5.41, 5.74) is 0. The Kier molecular flexibility index (Phi) is 5.91. The van der Waals surface area contributed by atoms with E-state index >= 15 is 0 Å². The summed E-state index contributed by atoms with van der Waals surface area (Å²) in [6.45, 7) is 2.23. The number of ether oxygens (including phenoxy) is 1. The first kappa shape index (κ1) is 14.8. The summed E-state index contributed by atoms with van der Waals surface area (Å²) >= 11 is 0. The van der Waals surface area contributed by atoms with Crippen molar-refractivity contribution in [2.24, 2.45) is 5.92 Å². The van der Waals surface area contributed by atoms with E-state index < -0.39 is 18.0 Å². The van der Waals surface area contributed by atoms with Crippen molar-refractivity contribution in [2.75, 3.05) is 13.7 Å². The number of carbonyl (C=O) groups excluding carboxylic acids is 1. The maximum absolute atomic E-state index is 11.6. The lowest BCUT2D eigenvalue weighted by atomic mass is 10.1. The van der Waals surface area contributed by atoms with E-state index in [0.717, 1.165) is 12.3 Å². The summed E-state index contributed by atoms with van der Waals surface area (Å²) < 4.78 is 4.81. The summed E-state index contributed by atoms with van der Waals surface area (Å²) in [5.74, 6) is -0.318. The number of hydrogen-bond donors (Lipinski definition) is 3. The third-order valence-electron chi connectivity index (χ3n) is 2.98. The number of amides is 2. The molecule has 18 heavy (non-hydrogen) atoms. The molecule has 104 valence electrons. The summed E-state index contributed by atoms with van der Waals surface area (Å²) in [7, 11) is 1.50. The van der Waals surface area contributed by atoms with Crippen molar-refractivity contribution >= 4 is 12.0 Å². The van der Waals surface area contributed by atoms with Crippen LogP contribution in [0.25, 0.3) is 0 Å². The van der Waals surface area contributed by atoms with Gasteiger partial charge in [0, 0.05) is 26.2 Å². The molecule has 1 saturated carbocycles. The number of aliphatic carboxylic acids is 1. The lowest BCUT2D eigenvalue weighted by Crippen LogP contribution is -2.48. The predicted molar refractivity (Wildman–Crippen MR) is 66.4 cm³/mol. The van der Waals surface area contributed by atoms with Gasteiger partial charge >= 0.3 is 12.0 Å². The zero-order valence-electron chi connectivity index (χ0n) is 10.9. The fourth-order valence-corrected chi connectivity index (χ4v) is 1.83. The highest BCUT2D eigenvalue weighted by molar-refractivity contribution is 5.82. The first-order valence-corrected chi connectivity index (χ1v) is 6.31. The van der Waals surface area contributed by atoms with E-state index in [2.05, 4.69) is 10.6 Å². The maximum Gasteiger partial charge on any atom is 0.326 e. The predicted octanol–water partition coefficient (Wildman–Crippen LogP) is 0.964. The normalized spacial score (nSPS) is 17.9. The van der Waals surface area contributed by atoms with E-state index in [-0.39, 0.29) is 12.5 Å². The zero-order valence-corrected chi connectivity index (χ0v) is 10.9. The minimum atomic E-state index is -1.04. The smallest absolute Gasteiger partial charge is 0.326 e. The van der Waals surface area contributed by atoms with E-state index in [1.807, 2.05) is 6.92 Å². The zero-order chi connectivity index (χ0) is 13.5. The Morgan fingerprint density at radius 2 is 2.06 bits per heavy atom. The van der Waals surface area contributed by atoms with Crippen molar-refractivity contribution in [3.05, 3.63) is 0 Å². The standard InChI is InChI=1S/C12H22N2O4/c1-8(7-9-3-4-9)13-12(17)14-10(11(15)16)5-6-18-2/h8-10H,3-7H2,1-2H3,(H,15,16)(H2,13,14,17). The molecule has 0 aromatic carbocycles. The lowest BCUT2D eigenvalue weighted by molar-refractivity contribution is -0.139. The number of urea groups is 1. The molecule has 6 heteroatoms. The van der Waals surface area contributed by atoms with Crippen LogP contribution in [0.15, 0.2) is 0 Å². The van der Waals surface area contributed by atoms with Crippen LogP contribution in [0.1, 0.15) is 32.6 Å². The first-order valence-electron chi connectivity index (χ1n) is 6.31. The largest absolute Gasteiger partial charge is 0.480 e. The third-order valence-corrected chi connectivity index (χ3v) is 2.98. The second-order valence-electron chi connectivity index (χ2n) is 4.87. The number of carboxylic acid groups (broad SMARTS) is 1. The average Bonchev–Trinajstić information content (AvgIpc) is 3.07. The molecule has 1 aliphatic rings. The lowest BCUT2D eigenvalue weighted by Gasteiger charge is -2.18. The number of nitrogens with one attached hydrogen (secondary N) is 2. The van der Waals surface area contributed by atoms with Crippen LogP contribution in [-0.2, 0) is 9.53 Å². The van der Waals surface area contributed by atoms with Crippen molar-refractivity contribution in [2.45, 2.75) is 44.7 Å². The van der Waals surface area contributed by atoms with Crippen LogP contribution >= 0.6 is 0 Å². The van der Waals surface area contributed by atoms with Gasteiger partial charge in [-0.15, -0.1) is 0 Å². The Labute approximate surface area is 107 Å². The van der Waals surface area contributed by atoms with Crippen LogP contribution in [0.3, 0.4) is 0 Å². The second kappa shape index (κ2) is 7.20. The summed E-state index contributed by atoms with van der Waals surface area (Å²) in [4.78, 5) is 22.5. The molecule has 1 rings (SSSR count). The minimum absolute atomic E-state index is 0.0781. The van der Waals surface area contributed by atoms with E-state index in [1.165, 1.54) is 20.0 Å². The van der Waals surface area contributed by atoms with Gasteiger partial charge in [-0.3, -0.25) is 0 Å². The highest BCUT2D eigenvalue weighted by Crippen LogP contribution is 2.33. The molecule has 0 aromatic rings. The topological polar surface area (TPSA) is 87.7 Å². The summed E-state index contributed by atoms with van der Waals surface area (Å²) in [6, 6.07) is -1.25. The van der Waals surface area contributed by atoms with E-state index in [1.54, 1.807) is 0 Å². The third kappa shape index (κ3) is 5.86. The minimum Gasteiger partial charge on any atom is -0.480 e. The SMILES string of the molecule is COCCC(NC(=O)NC(C)CC1CC1)C(=O)O. The van der Waals surface area contributed by atoms with Crippen molar-refractivity contribution in [3.63, 3.8) is 0 Å². The molecular weight excluding hydrogens is 236 g/mol. The molecule has 0 aliphatic heterocycles. The molecule has 2 unspecified atom stereocenters. The fraction of sp³-hybridized carbons (Fsp3) is 0.833. The van der Waals surface area contributed by atoms with Gasteiger partial charge in [-0.05, 0) is 19.3 Å². The van der Waals surface area contributed by atoms with Crippen LogP contribution in [0, 0.1) is 5.92 Å². The van der Waals surface area contributed by atoms with Crippen molar-refractivity contribution in [1.82, 2.24) is 10.6 Å². The molecular formula is C12H22N2O4. The van der Waals surface area contributed by atoms with Crippen LogP contribution in [0.5, 0.6) is 0 Å². The van der Waals surface area contributed by atoms with Gasteiger partial charge in [0.15, 0.2) is 0 Å². The first-order chi connectivity index (χ1) is 8.52. The van der Waals surface area contributed by atoms with Crippen LogP contribution < -0.4 is 10.6 Å². The highest BCUT2D eigenvalue weighted by atomic mass is 16.5. The van der Waals surface area contributed by atoms with Gasteiger partial charge in [0.1, 0.15) is 6.04 Å².